The summed E-state index contributed by atoms with van der Waals surface area (Å²) in [5.74, 6) is 0.257. The van der Waals surface area contributed by atoms with Gasteiger partial charge in [-0.15, -0.1) is 0 Å². The smallest absolute Gasteiger partial charge is 0.254 e. The van der Waals surface area contributed by atoms with E-state index in [1.807, 2.05) is 42.5 Å². The van der Waals surface area contributed by atoms with Gasteiger partial charge in [-0.25, -0.2) is 0 Å². The number of benzene rings is 2. The Kier molecular flexibility index (Phi) is 6.06. The van der Waals surface area contributed by atoms with Gasteiger partial charge in [0.15, 0.2) is 5.82 Å². The molecule has 1 aromatic heterocycles. The van der Waals surface area contributed by atoms with Crippen molar-refractivity contribution in [2.24, 2.45) is 10.9 Å². The summed E-state index contributed by atoms with van der Waals surface area (Å²) in [6, 6.07) is 16.1. The average molecular weight is 421 g/mol. The molecule has 0 saturated carbocycles. The Morgan fingerprint density at radius 2 is 1.97 bits per heavy atom. The van der Waals surface area contributed by atoms with Gasteiger partial charge >= 0.3 is 0 Å². The number of aromatic nitrogens is 2. The third-order valence-electron chi connectivity index (χ3n) is 5.15. The molecule has 2 aromatic carbocycles. The highest BCUT2D eigenvalue weighted by atomic mass is 16.6. The van der Waals surface area contributed by atoms with Crippen LogP contribution >= 0.6 is 0 Å². The summed E-state index contributed by atoms with van der Waals surface area (Å²) in [6.45, 7) is -0.0349. The lowest BCUT2D eigenvalue weighted by Crippen LogP contribution is -2.31. The summed E-state index contributed by atoms with van der Waals surface area (Å²) in [7, 11) is 1.46. The Balaban J connectivity index is 1.60. The van der Waals surface area contributed by atoms with Crippen LogP contribution in [-0.4, -0.2) is 52.0 Å². The van der Waals surface area contributed by atoms with Crippen LogP contribution in [0.5, 0.6) is 0 Å². The molecular weight excluding hydrogens is 398 g/mol. The maximum atomic E-state index is 13.3. The van der Waals surface area contributed by atoms with E-state index in [2.05, 4.69) is 15.3 Å². The number of amides is 1. The van der Waals surface area contributed by atoms with Gasteiger partial charge in [0.25, 0.3) is 5.91 Å². The Hall–Kier alpha value is -3.56. The van der Waals surface area contributed by atoms with E-state index in [-0.39, 0.29) is 24.9 Å². The van der Waals surface area contributed by atoms with Crippen LogP contribution in [0.15, 0.2) is 64.3 Å². The number of aliphatic hydroxyl groups is 1. The van der Waals surface area contributed by atoms with Crippen molar-refractivity contribution in [1.82, 2.24) is 15.0 Å². The van der Waals surface area contributed by atoms with Crippen molar-refractivity contribution in [3.05, 3.63) is 71.9 Å². The fraction of sp³-hybridized carbons (Fsp3) is 0.273. The average Bonchev–Trinajstić information content (AvgIpc) is 3.46. The van der Waals surface area contributed by atoms with Gasteiger partial charge in [-0.05, 0) is 23.3 Å². The molecule has 1 unspecified atom stereocenters. The second kappa shape index (κ2) is 9.07. The van der Waals surface area contributed by atoms with E-state index in [0.717, 1.165) is 11.1 Å². The minimum atomic E-state index is -0.774. The maximum Gasteiger partial charge on any atom is 0.254 e. The van der Waals surface area contributed by atoms with Crippen molar-refractivity contribution >= 4 is 11.6 Å². The van der Waals surface area contributed by atoms with E-state index in [1.54, 1.807) is 17.0 Å². The zero-order valence-corrected chi connectivity index (χ0v) is 17.0. The quantitative estimate of drug-likeness (QED) is 0.585. The molecule has 1 amide bonds. The minimum absolute atomic E-state index is 0.120. The van der Waals surface area contributed by atoms with E-state index >= 15 is 0 Å². The highest BCUT2D eigenvalue weighted by molar-refractivity contribution is 6.00. The Morgan fingerprint density at radius 3 is 2.65 bits per heavy atom. The Morgan fingerprint density at radius 1 is 1.26 bits per heavy atom. The summed E-state index contributed by atoms with van der Waals surface area (Å²) in [6.07, 6.45) is 0.412. The van der Waals surface area contributed by atoms with E-state index in [4.69, 9.17) is 15.1 Å². The van der Waals surface area contributed by atoms with E-state index in [1.165, 1.54) is 7.11 Å². The molecule has 9 heteroatoms. The number of rotatable bonds is 6. The molecular formula is C22H23N5O4. The summed E-state index contributed by atoms with van der Waals surface area (Å²) >= 11 is 0. The molecule has 1 aliphatic rings. The lowest BCUT2D eigenvalue weighted by molar-refractivity contribution is 0.0732. The second-order valence-electron chi connectivity index (χ2n) is 7.22. The molecule has 1 aliphatic heterocycles. The molecule has 31 heavy (non-hydrogen) atoms. The van der Waals surface area contributed by atoms with Gasteiger partial charge in [-0.3, -0.25) is 4.79 Å². The first kappa shape index (κ1) is 20.7. The predicted octanol–water partition coefficient (Wildman–Crippen LogP) is 2.32. The Labute approximate surface area is 179 Å². The van der Waals surface area contributed by atoms with Crippen LogP contribution in [0.4, 0.5) is 0 Å². The van der Waals surface area contributed by atoms with Crippen molar-refractivity contribution in [3.8, 4) is 11.1 Å². The first-order valence-corrected chi connectivity index (χ1v) is 9.86. The first-order chi connectivity index (χ1) is 15.1. The Bertz CT molecular complexity index is 1070. The van der Waals surface area contributed by atoms with Gasteiger partial charge in [0.1, 0.15) is 19.2 Å². The SMILES string of the molecule is CON=C1CC(c2noc([C@@H](N)CO)n2)N(C(=O)c2ccc(-c3ccccc3)cc2)C1. The normalized spacial score (nSPS) is 18.4. The molecule has 0 radical (unpaired) electrons. The molecule has 160 valence electrons. The van der Waals surface area contributed by atoms with E-state index in [0.29, 0.717) is 23.5 Å². The number of carbonyl (C=O) groups is 1. The van der Waals surface area contributed by atoms with Crippen molar-refractivity contribution in [2.75, 3.05) is 20.3 Å². The second-order valence-corrected chi connectivity index (χ2v) is 7.22. The lowest BCUT2D eigenvalue weighted by atomic mass is 10.0. The largest absolute Gasteiger partial charge is 0.399 e. The third-order valence-corrected chi connectivity index (χ3v) is 5.15. The molecule has 2 heterocycles. The number of carbonyl (C=O) groups excluding carboxylic acids is 1. The number of aliphatic hydroxyl groups excluding tert-OH is 1. The predicted molar refractivity (Wildman–Crippen MR) is 113 cm³/mol. The van der Waals surface area contributed by atoms with Gasteiger partial charge in [0.05, 0.1) is 18.9 Å². The zero-order valence-electron chi connectivity index (χ0n) is 17.0. The molecule has 4 rings (SSSR count). The number of hydrogen-bond donors (Lipinski definition) is 2. The highest BCUT2D eigenvalue weighted by Gasteiger charge is 2.38. The van der Waals surface area contributed by atoms with Gasteiger partial charge in [0.2, 0.25) is 5.89 Å². The first-order valence-electron chi connectivity index (χ1n) is 9.86. The van der Waals surface area contributed by atoms with Crippen molar-refractivity contribution in [2.45, 2.75) is 18.5 Å². The number of hydrogen-bond acceptors (Lipinski definition) is 8. The van der Waals surface area contributed by atoms with Crippen LogP contribution in [0, 0.1) is 0 Å². The van der Waals surface area contributed by atoms with Gasteiger partial charge in [-0.2, -0.15) is 4.98 Å². The summed E-state index contributed by atoms with van der Waals surface area (Å²) in [5.41, 5.74) is 9.10. The van der Waals surface area contributed by atoms with E-state index < -0.39 is 12.1 Å². The van der Waals surface area contributed by atoms with Crippen molar-refractivity contribution in [3.63, 3.8) is 0 Å². The molecule has 2 atom stereocenters. The number of oxime groups is 1. The molecule has 1 fully saturated rings. The van der Waals surface area contributed by atoms with Crippen LogP contribution in [-0.2, 0) is 4.84 Å². The van der Waals surface area contributed by atoms with Gasteiger partial charge in [-0.1, -0.05) is 52.8 Å². The molecule has 0 bridgehead atoms. The van der Waals surface area contributed by atoms with Crippen molar-refractivity contribution in [1.29, 1.82) is 0 Å². The zero-order chi connectivity index (χ0) is 21.8. The lowest BCUT2D eigenvalue weighted by Gasteiger charge is -2.21. The van der Waals surface area contributed by atoms with Gasteiger partial charge < -0.3 is 25.1 Å². The van der Waals surface area contributed by atoms with Crippen molar-refractivity contribution < 1.29 is 19.3 Å². The van der Waals surface area contributed by atoms with Crippen LogP contribution < -0.4 is 5.73 Å². The molecule has 3 N–H and O–H groups in total. The number of nitrogens with two attached hydrogens (primary N) is 1. The van der Waals surface area contributed by atoms with Crippen LogP contribution in [0.1, 0.15) is 40.6 Å². The fourth-order valence-corrected chi connectivity index (χ4v) is 3.56. The van der Waals surface area contributed by atoms with Crippen LogP contribution in [0.25, 0.3) is 11.1 Å². The van der Waals surface area contributed by atoms with Crippen LogP contribution in [0.3, 0.4) is 0 Å². The number of likely N-dealkylation sites (tertiary alicyclic amines) is 1. The number of nitrogens with zero attached hydrogens (tertiary/aromatic N) is 4. The standard InChI is InChI=1S/C22H23N5O4/c1-30-25-17-11-19(20-24-21(31-26-20)18(23)13-28)27(12-17)22(29)16-9-7-15(8-10-16)14-5-3-2-4-6-14/h2-10,18-19,28H,11-13,23H2,1H3/t18-,19?/m0/s1. The highest BCUT2D eigenvalue weighted by Crippen LogP contribution is 2.31. The molecule has 3 aromatic rings. The summed E-state index contributed by atoms with van der Waals surface area (Å²) < 4.78 is 5.17. The molecule has 0 spiro atoms. The fourth-order valence-electron chi connectivity index (χ4n) is 3.56. The summed E-state index contributed by atoms with van der Waals surface area (Å²) in [4.78, 5) is 24.1. The van der Waals surface area contributed by atoms with Gasteiger partial charge in [0, 0.05) is 12.0 Å². The minimum Gasteiger partial charge on any atom is -0.399 e. The topological polar surface area (TPSA) is 127 Å². The van der Waals surface area contributed by atoms with Crippen LogP contribution in [0.2, 0.25) is 0 Å². The molecule has 0 aliphatic carbocycles. The molecule has 1 saturated heterocycles. The summed E-state index contributed by atoms with van der Waals surface area (Å²) in [5, 5.41) is 17.2. The maximum absolute atomic E-state index is 13.3. The molecule has 9 nitrogen and oxygen atoms in total. The van der Waals surface area contributed by atoms with E-state index in [9.17, 15) is 9.90 Å². The third kappa shape index (κ3) is 4.32. The monoisotopic (exact) mass is 421 g/mol.